The molecule has 2 N–H and O–H groups in total. The lowest BCUT2D eigenvalue weighted by Gasteiger charge is -2.02. The molecule has 9 heteroatoms. The van der Waals surface area contributed by atoms with Gasteiger partial charge in [0.2, 0.25) is 0 Å². The fraction of sp³-hybridized carbons (Fsp3) is 0. The number of aromatic hydroxyl groups is 1. The first-order valence-electron chi connectivity index (χ1n) is 6.20. The van der Waals surface area contributed by atoms with E-state index in [2.05, 4.69) is 26.5 Å². The lowest BCUT2D eigenvalue weighted by atomic mass is 10.2. The first-order valence-corrected chi connectivity index (χ1v) is 6.99. The van der Waals surface area contributed by atoms with Crippen molar-refractivity contribution in [3.8, 4) is 5.75 Å². The van der Waals surface area contributed by atoms with Gasteiger partial charge >= 0.3 is 5.88 Å². The van der Waals surface area contributed by atoms with E-state index in [1.54, 1.807) is 6.07 Å². The minimum absolute atomic E-state index is 0.0714. The molecule has 0 aliphatic rings. The van der Waals surface area contributed by atoms with Crippen LogP contribution >= 0.6 is 15.9 Å². The molecule has 0 saturated heterocycles. The molecular weight excluding hydrogens is 370 g/mol. The molecule has 0 aliphatic heterocycles. The Morgan fingerprint density at radius 1 is 1.39 bits per heavy atom. The van der Waals surface area contributed by atoms with Crippen molar-refractivity contribution in [2.24, 2.45) is 5.10 Å². The van der Waals surface area contributed by atoms with Gasteiger partial charge in [-0.25, -0.2) is 5.43 Å². The average Bonchev–Trinajstić information content (AvgIpc) is 2.98. The fourth-order valence-corrected chi connectivity index (χ4v) is 1.92. The van der Waals surface area contributed by atoms with Crippen LogP contribution in [0.2, 0.25) is 0 Å². The van der Waals surface area contributed by atoms with E-state index in [1.807, 2.05) is 0 Å². The largest absolute Gasteiger partial charge is 0.507 e. The van der Waals surface area contributed by atoms with Gasteiger partial charge in [-0.2, -0.15) is 5.10 Å². The van der Waals surface area contributed by atoms with Crippen molar-refractivity contribution in [1.82, 2.24) is 5.43 Å². The van der Waals surface area contributed by atoms with Gasteiger partial charge < -0.3 is 9.52 Å². The predicted octanol–water partition coefficient (Wildman–Crippen LogP) is 3.08. The molecular formula is C14H10BrN3O5. The van der Waals surface area contributed by atoms with E-state index in [-0.39, 0.29) is 23.0 Å². The smallest absolute Gasteiger partial charge is 0.433 e. The minimum Gasteiger partial charge on any atom is -0.507 e. The van der Waals surface area contributed by atoms with Crippen LogP contribution < -0.4 is 5.43 Å². The highest BCUT2D eigenvalue weighted by atomic mass is 79.9. The van der Waals surface area contributed by atoms with E-state index < -0.39 is 10.8 Å². The highest BCUT2D eigenvalue weighted by molar-refractivity contribution is 9.10. The van der Waals surface area contributed by atoms with E-state index >= 15 is 0 Å². The monoisotopic (exact) mass is 379 g/mol. The minimum atomic E-state index is -0.643. The quantitative estimate of drug-likeness (QED) is 0.470. The van der Waals surface area contributed by atoms with Gasteiger partial charge in [-0.3, -0.25) is 14.9 Å². The number of nitrogens with zero attached hydrogens (tertiary/aromatic N) is 2. The number of rotatable bonds is 5. The predicted molar refractivity (Wildman–Crippen MR) is 86.2 cm³/mol. The van der Waals surface area contributed by atoms with Gasteiger partial charge in [0.15, 0.2) is 0 Å². The summed E-state index contributed by atoms with van der Waals surface area (Å²) in [5.74, 6) is -0.833. The third-order valence-corrected chi connectivity index (χ3v) is 3.08. The zero-order valence-electron chi connectivity index (χ0n) is 11.5. The summed E-state index contributed by atoms with van der Waals surface area (Å²) in [4.78, 5) is 21.6. The molecule has 0 spiro atoms. The SMILES string of the molecule is O=C(NN=CC=Cc1ccc([N+](=O)[O-])o1)c1cc(Br)ccc1O. The standard InChI is InChI=1S/C14H10BrN3O5/c15-9-3-5-12(19)11(8-9)14(20)17-16-7-1-2-10-4-6-13(23-10)18(21)22/h1-8,19H,(H,17,20). The number of phenolic OH excluding ortho intramolecular Hbond substituents is 1. The Morgan fingerprint density at radius 2 is 2.17 bits per heavy atom. The molecule has 2 rings (SSSR count). The van der Waals surface area contributed by atoms with Crippen LogP contribution in [0.15, 0.2) is 50.4 Å². The van der Waals surface area contributed by atoms with Crippen molar-refractivity contribution in [2.75, 3.05) is 0 Å². The number of furan rings is 1. The summed E-state index contributed by atoms with van der Waals surface area (Å²) in [5, 5.41) is 23.7. The number of carbonyl (C=O) groups is 1. The van der Waals surface area contributed by atoms with Crippen LogP contribution in [0.3, 0.4) is 0 Å². The molecule has 0 radical (unpaired) electrons. The molecule has 23 heavy (non-hydrogen) atoms. The molecule has 0 fully saturated rings. The normalized spacial score (nSPS) is 11.2. The van der Waals surface area contributed by atoms with E-state index in [0.717, 1.165) is 0 Å². The molecule has 0 aliphatic carbocycles. The van der Waals surface area contributed by atoms with Crippen molar-refractivity contribution in [3.63, 3.8) is 0 Å². The first kappa shape index (κ1) is 16.4. The number of allylic oxidation sites excluding steroid dienone is 1. The highest BCUT2D eigenvalue weighted by Crippen LogP contribution is 2.21. The van der Waals surface area contributed by atoms with Gasteiger partial charge in [-0.05, 0) is 36.4 Å². The Labute approximate surface area is 138 Å². The van der Waals surface area contributed by atoms with Gasteiger partial charge in [0.1, 0.15) is 16.4 Å². The third kappa shape index (κ3) is 4.51. The van der Waals surface area contributed by atoms with E-state index in [1.165, 1.54) is 42.6 Å². The summed E-state index contributed by atoms with van der Waals surface area (Å²) < 4.78 is 5.54. The second-order valence-electron chi connectivity index (χ2n) is 4.17. The number of carbonyl (C=O) groups excluding carboxylic acids is 1. The van der Waals surface area contributed by atoms with E-state index in [0.29, 0.717) is 4.47 Å². The molecule has 0 atom stereocenters. The number of halogens is 1. The van der Waals surface area contributed by atoms with Crippen molar-refractivity contribution in [2.45, 2.75) is 0 Å². The number of phenols is 1. The van der Waals surface area contributed by atoms with Crippen LogP contribution in [0, 0.1) is 10.1 Å². The van der Waals surface area contributed by atoms with Crippen molar-refractivity contribution in [1.29, 1.82) is 0 Å². The summed E-state index contributed by atoms with van der Waals surface area (Å²) in [6.07, 6.45) is 4.14. The summed E-state index contributed by atoms with van der Waals surface area (Å²) in [5.41, 5.74) is 2.31. The Morgan fingerprint density at radius 3 is 2.87 bits per heavy atom. The van der Waals surface area contributed by atoms with Crippen LogP contribution in [-0.4, -0.2) is 22.2 Å². The van der Waals surface area contributed by atoms with Crippen LogP contribution in [0.1, 0.15) is 16.1 Å². The number of hydrogen-bond acceptors (Lipinski definition) is 6. The molecule has 1 heterocycles. The Hall–Kier alpha value is -2.94. The molecule has 0 saturated carbocycles. The molecule has 1 aromatic carbocycles. The summed E-state index contributed by atoms with van der Waals surface area (Å²) in [7, 11) is 0. The number of hydrogen-bond donors (Lipinski definition) is 2. The van der Waals surface area contributed by atoms with E-state index in [4.69, 9.17) is 4.42 Å². The molecule has 118 valence electrons. The molecule has 8 nitrogen and oxygen atoms in total. The molecule has 1 aromatic heterocycles. The van der Waals surface area contributed by atoms with Crippen molar-refractivity contribution in [3.05, 3.63) is 62.3 Å². The maximum atomic E-state index is 11.8. The number of nitro groups is 1. The zero-order chi connectivity index (χ0) is 16.8. The second kappa shape index (κ2) is 7.36. The number of nitrogens with one attached hydrogen (secondary N) is 1. The molecule has 0 unspecified atom stereocenters. The van der Waals surface area contributed by atoms with E-state index in [9.17, 15) is 20.0 Å². The lowest BCUT2D eigenvalue weighted by molar-refractivity contribution is -0.402. The number of hydrazone groups is 1. The fourth-order valence-electron chi connectivity index (χ4n) is 1.56. The topological polar surface area (TPSA) is 118 Å². The first-order chi connectivity index (χ1) is 11.0. The van der Waals surface area contributed by atoms with Crippen molar-refractivity contribution >= 4 is 40.0 Å². The number of amides is 1. The lowest BCUT2D eigenvalue weighted by Crippen LogP contribution is -2.17. The average molecular weight is 380 g/mol. The summed E-state index contributed by atoms with van der Waals surface area (Å²) in [6, 6.07) is 7.10. The second-order valence-corrected chi connectivity index (χ2v) is 5.09. The van der Waals surface area contributed by atoms with Gasteiger partial charge in [0.05, 0.1) is 11.6 Å². The maximum absolute atomic E-state index is 11.8. The third-order valence-electron chi connectivity index (χ3n) is 2.58. The van der Waals surface area contributed by atoms with Gasteiger partial charge in [-0.15, -0.1) is 0 Å². The Kier molecular flexibility index (Phi) is 5.26. The van der Waals surface area contributed by atoms with Crippen LogP contribution in [0.25, 0.3) is 6.08 Å². The molecule has 2 aromatic rings. The van der Waals surface area contributed by atoms with Gasteiger partial charge in [0.25, 0.3) is 5.91 Å². The molecule has 0 bridgehead atoms. The van der Waals surface area contributed by atoms with Crippen molar-refractivity contribution < 1.29 is 19.2 Å². The van der Waals surface area contributed by atoms with Crippen LogP contribution in [0.4, 0.5) is 5.88 Å². The van der Waals surface area contributed by atoms with Gasteiger partial charge in [0, 0.05) is 10.7 Å². The number of benzene rings is 1. The van der Waals surface area contributed by atoms with Gasteiger partial charge in [-0.1, -0.05) is 15.9 Å². The Balaban J connectivity index is 1.93. The zero-order valence-corrected chi connectivity index (χ0v) is 13.1. The maximum Gasteiger partial charge on any atom is 0.433 e. The summed E-state index contributed by atoms with van der Waals surface area (Å²) >= 11 is 3.20. The summed E-state index contributed by atoms with van der Waals surface area (Å²) in [6.45, 7) is 0. The van der Waals surface area contributed by atoms with Crippen LogP contribution in [-0.2, 0) is 0 Å². The highest BCUT2D eigenvalue weighted by Gasteiger charge is 2.11. The Bertz CT molecular complexity index is 797. The van der Waals surface area contributed by atoms with Crippen LogP contribution in [0.5, 0.6) is 5.75 Å². The molecule has 1 amide bonds.